The Morgan fingerprint density at radius 1 is 1.26 bits per heavy atom. The molecule has 19 heavy (non-hydrogen) atoms. The molecule has 0 radical (unpaired) electrons. The van der Waals surface area contributed by atoms with Gasteiger partial charge < -0.3 is 24.8 Å². The summed E-state index contributed by atoms with van der Waals surface area (Å²) in [6.07, 6.45) is -0.422. The average Bonchev–Trinajstić information content (AvgIpc) is 2.47. The van der Waals surface area contributed by atoms with Crippen molar-refractivity contribution in [2.75, 3.05) is 39.8 Å². The number of nitrogens with zero attached hydrogens (tertiary/aromatic N) is 1. The van der Waals surface area contributed by atoms with Crippen molar-refractivity contribution in [3.05, 3.63) is 24.3 Å². The minimum absolute atomic E-state index is 0.396. The molecule has 1 rings (SSSR count). The number of nitrogens with two attached hydrogens (primary N) is 1. The SMILES string of the molecule is COc1cccc(N(C)C(C)(CN)C(OC)OC)c1. The van der Waals surface area contributed by atoms with Crippen LogP contribution in [0.15, 0.2) is 24.3 Å². The second-order valence-corrected chi connectivity index (χ2v) is 4.63. The highest BCUT2D eigenvalue weighted by atomic mass is 16.7. The van der Waals surface area contributed by atoms with E-state index in [0.29, 0.717) is 6.54 Å². The highest BCUT2D eigenvalue weighted by Gasteiger charge is 2.38. The Balaban J connectivity index is 3.09. The number of rotatable bonds is 7. The topological polar surface area (TPSA) is 57.0 Å². The number of ether oxygens (including phenoxy) is 3. The molecule has 0 saturated heterocycles. The van der Waals surface area contributed by atoms with Crippen molar-refractivity contribution in [1.29, 1.82) is 0 Å². The zero-order valence-corrected chi connectivity index (χ0v) is 12.3. The fraction of sp³-hybridized carbons (Fsp3) is 0.571. The Bertz CT molecular complexity index is 396. The number of hydrogen-bond donors (Lipinski definition) is 1. The van der Waals surface area contributed by atoms with Crippen LogP contribution in [0.2, 0.25) is 0 Å². The molecule has 0 aliphatic carbocycles. The van der Waals surface area contributed by atoms with Crippen molar-refractivity contribution < 1.29 is 14.2 Å². The predicted octanol–water partition coefficient (Wildman–Crippen LogP) is 1.47. The molecule has 1 aromatic carbocycles. The van der Waals surface area contributed by atoms with E-state index in [1.54, 1.807) is 21.3 Å². The van der Waals surface area contributed by atoms with Crippen molar-refractivity contribution in [1.82, 2.24) is 0 Å². The lowest BCUT2D eigenvalue weighted by atomic mass is 9.98. The zero-order chi connectivity index (χ0) is 14.5. The molecule has 5 heteroatoms. The maximum atomic E-state index is 5.93. The quantitative estimate of drug-likeness (QED) is 0.759. The van der Waals surface area contributed by atoms with E-state index in [4.69, 9.17) is 19.9 Å². The number of likely N-dealkylation sites (N-methyl/N-ethyl adjacent to an activating group) is 1. The molecule has 0 heterocycles. The molecule has 0 saturated carbocycles. The summed E-state index contributed by atoms with van der Waals surface area (Å²) >= 11 is 0. The standard InChI is InChI=1S/C14H24N2O3/c1-14(10-15,13(18-4)19-5)16(2)11-7-6-8-12(9-11)17-3/h6-9,13H,10,15H2,1-5H3. The van der Waals surface area contributed by atoms with Gasteiger partial charge in [0.2, 0.25) is 0 Å². The van der Waals surface area contributed by atoms with Gasteiger partial charge in [-0.3, -0.25) is 0 Å². The van der Waals surface area contributed by atoms with Gasteiger partial charge in [0.25, 0.3) is 0 Å². The van der Waals surface area contributed by atoms with Gasteiger partial charge in [0, 0.05) is 39.6 Å². The summed E-state index contributed by atoms with van der Waals surface area (Å²) in [5.41, 5.74) is 6.45. The number of methoxy groups -OCH3 is 3. The smallest absolute Gasteiger partial charge is 0.180 e. The van der Waals surface area contributed by atoms with E-state index in [2.05, 4.69) is 0 Å². The summed E-state index contributed by atoms with van der Waals surface area (Å²) in [5, 5.41) is 0. The van der Waals surface area contributed by atoms with Gasteiger partial charge in [-0.05, 0) is 19.1 Å². The van der Waals surface area contributed by atoms with Crippen LogP contribution < -0.4 is 15.4 Å². The van der Waals surface area contributed by atoms with Gasteiger partial charge in [-0.25, -0.2) is 0 Å². The zero-order valence-electron chi connectivity index (χ0n) is 12.3. The van der Waals surface area contributed by atoms with Crippen molar-refractivity contribution in [2.24, 2.45) is 5.73 Å². The van der Waals surface area contributed by atoms with Crippen LogP contribution >= 0.6 is 0 Å². The molecule has 0 amide bonds. The van der Waals surface area contributed by atoms with E-state index in [1.807, 2.05) is 43.1 Å². The summed E-state index contributed by atoms with van der Waals surface area (Å²) in [5.74, 6) is 0.801. The van der Waals surface area contributed by atoms with Crippen LogP contribution in [-0.4, -0.2) is 46.8 Å². The summed E-state index contributed by atoms with van der Waals surface area (Å²) < 4.78 is 16.0. The van der Waals surface area contributed by atoms with Gasteiger partial charge in [-0.1, -0.05) is 6.07 Å². The first-order chi connectivity index (χ1) is 9.03. The van der Waals surface area contributed by atoms with Crippen LogP contribution in [0.25, 0.3) is 0 Å². The lowest BCUT2D eigenvalue weighted by Gasteiger charge is -2.43. The molecule has 0 spiro atoms. The highest BCUT2D eigenvalue weighted by Crippen LogP contribution is 2.28. The van der Waals surface area contributed by atoms with Crippen molar-refractivity contribution >= 4 is 5.69 Å². The number of hydrogen-bond acceptors (Lipinski definition) is 5. The summed E-state index contributed by atoms with van der Waals surface area (Å²) in [4.78, 5) is 2.05. The van der Waals surface area contributed by atoms with Crippen molar-refractivity contribution in [3.8, 4) is 5.75 Å². The molecule has 108 valence electrons. The second kappa shape index (κ2) is 6.75. The van der Waals surface area contributed by atoms with E-state index in [9.17, 15) is 0 Å². The maximum absolute atomic E-state index is 5.93. The molecule has 0 aliphatic heterocycles. The molecule has 5 nitrogen and oxygen atoms in total. The van der Waals surface area contributed by atoms with E-state index >= 15 is 0 Å². The Morgan fingerprint density at radius 2 is 1.89 bits per heavy atom. The minimum Gasteiger partial charge on any atom is -0.497 e. The first-order valence-electron chi connectivity index (χ1n) is 6.17. The Labute approximate surface area is 115 Å². The molecule has 0 aliphatic rings. The highest BCUT2D eigenvalue weighted by molar-refractivity contribution is 5.52. The van der Waals surface area contributed by atoms with E-state index in [1.165, 1.54) is 0 Å². The third-order valence-electron chi connectivity index (χ3n) is 3.56. The van der Waals surface area contributed by atoms with Gasteiger partial charge in [0.05, 0.1) is 12.6 Å². The average molecular weight is 268 g/mol. The minimum atomic E-state index is -0.476. The van der Waals surface area contributed by atoms with Crippen molar-refractivity contribution in [2.45, 2.75) is 18.8 Å². The Hall–Kier alpha value is -1.30. The molecule has 1 atom stereocenters. The monoisotopic (exact) mass is 268 g/mol. The Kier molecular flexibility index (Phi) is 5.60. The number of benzene rings is 1. The number of anilines is 1. The molecule has 0 aromatic heterocycles. The fourth-order valence-corrected chi connectivity index (χ4v) is 2.11. The summed E-state index contributed by atoms with van der Waals surface area (Å²) in [7, 11) is 6.84. The van der Waals surface area contributed by atoms with Crippen molar-refractivity contribution in [3.63, 3.8) is 0 Å². The van der Waals surface area contributed by atoms with Crippen LogP contribution in [-0.2, 0) is 9.47 Å². The van der Waals surface area contributed by atoms with Gasteiger partial charge in [0.1, 0.15) is 5.75 Å². The van der Waals surface area contributed by atoms with Gasteiger partial charge in [-0.15, -0.1) is 0 Å². The summed E-state index contributed by atoms with van der Waals surface area (Å²) in [6, 6.07) is 7.80. The first kappa shape index (κ1) is 15.8. The third-order valence-corrected chi connectivity index (χ3v) is 3.56. The van der Waals surface area contributed by atoms with Crippen LogP contribution in [0.1, 0.15) is 6.92 Å². The molecule has 0 fully saturated rings. The normalized spacial score (nSPS) is 14.3. The lowest BCUT2D eigenvalue weighted by molar-refractivity contribution is -0.140. The van der Waals surface area contributed by atoms with Crippen LogP contribution in [0.3, 0.4) is 0 Å². The van der Waals surface area contributed by atoms with Gasteiger partial charge in [-0.2, -0.15) is 0 Å². The van der Waals surface area contributed by atoms with Gasteiger partial charge in [0.15, 0.2) is 6.29 Å². The van der Waals surface area contributed by atoms with Crippen LogP contribution in [0.4, 0.5) is 5.69 Å². The molecular weight excluding hydrogens is 244 g/mol. The predicted molar refractivity (Wildman–Crippen MR) is 76.7 cm³/mol. The second-order valence-electron chi connectivity index (χ2n) is 4.63. The van der Waals surface area contributed by atoms with Crippen LogP contribution in [0.5, 0.6) is 5.75 Å². The van der Waals surface area contributed by atoms with Gasteiger partial charge >= 0.3 is 0 Å². The molecular formula is C14H24N2O3. The van der Waals surface area contributed by atoms with E-state index in [0.717, 1.165) is 11.4 Å². The van der Waals surface area contributed by atoms with Crippen LogP contribution in [0, 0.1) is 0 Å². The lowest BCUT2D eigenvalue weighted by Crippen LogP contribution is -2.59. The Morgan fingerprint density at radius 3 is 2.37 bits per heavy atom. The van der Waals surface area contributed by atoms with E-state index < -0.39 is 11.8 Å². The van der Waals surface area contributed by atoms with E-state index in [-0.39, 0.29) is 0 Å². The maximum Gasteiger partial charge on any atom is 0.180 e. The fourth-order valence-electron chi connectivity index (χ4n) is 2.11. The summed E-state index contributed by atoms with van der Waals surface area (Å²) in [6.45, 7) is 2.40. The molecule has 0 bridgehead atoms. The molecule has 1 unspecified atom stereocenters. The first-order valence-corrected chi connectivity index (χ1v) is 6.17. The molecule has 1 aromatic rings. The third kappa shape index (κ3) is 3.18. The largest absolute Gasteiger partial charge is 0.497 e. The molecule has 2 N–H and O–H groups in total.